The fourth-order valence-electron chi connectivity index (χ4n) is 2.13. The van der Waals surface area contributed by atoms with Crippen LogP contribution in [0.4, 0.5) is 0 Å². The van der Waals surface area contributed by atoms with Gasteiger partial charge in [-0.3, -0.25) is 9.59 Å². The first-order chi connectivity index (χ1) is 11.5. The summed E-state index contributed by atoms with van der Waals surface area (Å²) in [5.41, 5.74) is 0.795. The number of aromatic amines is 1. The standard InChI is InChI=1S/C15H17N3O6/c1-23-10-3-4-11(24-2)14-8(10)5-9(18-14)15(22)17-6-12(19)16-7-13(20)21/h3-5,18H,6-7H2,1-2H3,(H,16,19)(H,17,22)(H,20,21)/p-1. The lowest BCUT2D eigenvalue weighted by Gasteiger charge is -2.06. The first-order valence-corrected chi connectivity index (χ1v) is 6.94. The first-order valence-electron chi connectivity index (χ1n) is 6.94. The Bertz CT molecular complexity index is 742. The highest BCUT2D eigenvalue weighted by atomic mass is 16.5. The number of carbonyl (C=O) groups is 3. The molecular formula is C15H16N3O6-. The molecule has 24 heavy (non-hydrogen) atoms. The van der Waals surface area contributed by atoms with Crippen molar-refractivity contribution in [3.8, 4) is 11.5 Å². The van der Waals surface area contributed by atoms with Crippen molar-refractivity contribution in [2.24, 2.45) is 0 Å². The molecule has 0 aliphatic rings. The third-order valence-electron chi connectivity index (χ3n) is 3.24. The number of methoxy groups -OCH3 is 2. The van der Waals surface area contributed by atoms with Crippen molar-refractivity contribution in [1.82, 2.24) is 15.6 Å². The van der Waals surface area contributed by atoms with Crippen LogP contribution in [0.2, 0.25) is 0 Å². The molecule has 128 valence electrons. The number of ether oxygens (including phenoxy) is 2. The monoisotopic (exact) mass is 334 g/mol. The van der Waals surface area contributed by atoms with Crippen LogP contribution in [-0.2, 0) is 9.59 Å². The minimum Gasteiger partial charge on any atom is -0.548 e. The highest BCUT2D eigenvalue weighted by Gasteiger charge is 2.15. The van der Waals surface area contributed by atoms with Gasteiger partial charge in [-0.15, -0.1) is 0 Å². The van der Waals surface area contributed by atoms with Crippen molar-refractivity contribution in [2.45, 2.75) is 0 Å². The second-order valence-electron chi connectivity index (χ2n) is 4.77. The molecule has 0 atom stereocenters. The molecule has 0 saturated heterocycles. The van der Waals surface area contributed by atoms with Gasteiger partial charge < -0.3 is 35.0 Å². The largest absolute Gasteiger partial charge is 0.548 e. The Morgan fingerprint density at radius 2 is 1.75 bits per heavy atom. The summed E-state index contributed by atoms with van der Waals surface area (Å²) in [6.07, 6.45) is 0. The maximum atomic E-state index is 12.1. The van der Waals surface area contributed by atoms with Crippen molar-refractivity contribution in [3.63, 3.8) is 0 Å². The Labute approximate surface area is 136 Å². The maximum Gasteiger partial charge on any atom is 0.268 e. The summed E-state index contributed by atoms with van der Waals surface area (Å²) >= 11 is 0. The molecule has 3 N–H and O–H groups in total. The van der Waals surface area contributed by atoms with E-state index in [4.69, 9.17) is 9.47 Å². The van der Waals surface area contributed by atoms with E-state index in [1.807, 2.05) is 0 Å². The number of rotatable bonds is 7. The first kappa shape index (κ1) is 17.1. The second-order valence-corrected chi connectivity index (χ2v) is 4.77. The van der Waals surface area contributed by atoms with E-state index in [0.29, 0.717) is 22.4 Å². The Morgan fingerprint density at radius 1 is 1.08 bits per heavy atom. The summed E-state index contributed by atoms with van der Waals surface area (Å²) in [6.45, 7) is -0.981. The number of carbonyl (C=O) groups excluding carboxylic acids is 3. The van der Waals surface area contributed by atoms with Crippen LogP contribution in [-0.4, -0.2) is 50.1 Å². The average Bonchev–Trinajstić information content (AvgIpc) is 3.02. The van der Waals surface area contributed by atoms with E-state index in [9.17, 15) is 19.5 Å². The van der Waals surface area contributed by atoms with Gasteiger partial charge in [-0.25, -0.2) is 0 Å². The Balaban J connectivity index is 2.12. The Kier molecular flexibility index (Phi) is 5.25. The van der Waals surface area contributed by atoms with Crippen LogP contribution in [0.15, 0.2) is 18.2 Å². The van der Waals surface area contributed by atoms with Gasteiger partial charge in [-0.2, -0.15) is 0 Å². The molecule has 0 aliphatic carbocycles. The molecule has 9 nitrogen and oxygen atoms in total. The fourth-order valence-corrected chi connectivity index (χ4v) is 2.13. The van der Waals surface area contributed by atoms with Gasteiger partial charge in [0.2, 0.25) is 5.91 Å². The molecule has 0 unspecified atom stereocenters. The number of carboxylic acid groups (broad SMARTS) is 1. The van der Waals surface area contributed by atoms with Gasteiger partial charge in [-0.1, -0.05) is 0 Å². The SMILES string of the molecule is COc1ccc(OC)c2[nH]c(C(=O)NCC(=O)NCC(=O)[O-])cc12. The number of aromatic nitrogens is 1. The molecule has 2 rings (SSSR count). The summed E-state index contributed by atoms with van der Waals surface area (Å²) in [7, 11) is 3.01. The van der Waals surface area contributed by atoms with Crippen molar-refractivity contribution >= 4 is 28.7 Å². The number of hydrogen-bond acceptors (Lipinski definition) is 6. The second kappa shape index (κ2) is 7.36. The third kappa shape index (κ3) is 3.75. The summed E-state index contributed by atoms with van der Waals surface area (Å²) in [5.74, 6) is -1.48. The molecule has 0 radical (unpaired) electrons. The van der Waals surface area contributed by atoms with Gasteiger partial charge in [-0.05, 0) is 18.2 Å². The molecule has 0 bridgehead atoms. The Hall–Kier alpha value is -3.23. The van der Waals surface area contributed by atoms with Gasteiger partial charge >= 0.3 is 0 Å². The zero-order chi connectivity index (χ0) is 17.7. The molecule has 0 saturated carbocycles. The minimum absolute atomic E-state index is 0.209. The number of fused-ring (bicyclic) bond motifs is 1. The van der Waals surface area contributed by atoms with Crippen molar-refractivity contribution in [1.29, 1.82) is 0 Å². The fraction of sp³-hybridized carbons (Fsp3) is 0.267. The summed E-state index contributed by atoms with van der Waals surface area (Å²) in [6, 6.07) is 4.99. The van der Waals surface area contributed by atoms with Crippen LogP contribution in [0.25, 0.3) is 10.9 Å². The van der Waals surface area contributed by atoms with Gasteiger partial charge in [0.1, 0.15) is 17.2 Å². The topological polar surface area (TPSA) is 133 Å². The molecule has 0 aliphatic heterocycles. The highest BCUT2D eigenvalue weighted by molar-refractivity contribution is 6.02. The summed E-state index contributed by atoms with van der Waals surface area (Å²) < 4.78 is 10.5. The predicted octanol–water partition coefficient (Wildman–Crippen LogP) is -1.22. The number of H-pyrrole nitrogens is 1. The number of nitrogens with one attached hydrogen (secondary N) is 3. The van der Waals surface area contributed by atoms with Crippen LogP contribution < -0.4 is 25.2 Å². The third-order valence-corrected chi connectivity index (χ3v) is 3.24. The van der Waals surface area contributed by atoms with Crippen LogP contribution in [0.3, 0.4) is 0 Å². The number of carboxylic acids is 1. The lowest BCUT2D eigenvalue weighted by atomic mass is 10.2. The van der Waals surface area contributed by atoms with Gasteiger partial charge in [0, 0.05) is 5.39 Å². The van der Waals surface area contributed by atoms with Gasteiger partial charge in [0.15, 0.2) is 0 Å². The van der Waals surface area contributed by atoms with E-state index in [1.165, 1.54) is 14.2 Å². The maximum absolute atomic E-state index is 12.1. The quantitative estimate of drug-likeness (QED) is 0.581. The molecule has 1 aromatic carbocycles. The van der Waals surface area contributed by atoms with Crippen LogP contribution in [0, 0.1) is 0 Å². The zero-order valence-electron chi connectivity index (χ0n) is 13.1. The van der Waals surface area contributed by atoms with Crippen molar-refractivity contribution < 1.29 is 29.0 Å². The molecule has 0 fully saturated rings. The molecular weight excluding hydrogens is 318 g/mol. The number of hydrogen-bond donors (Lipinski definition) is 3. The van der Waals surface area contributed by atoms with E-state index in [-0.39, 0.29) is 12.2 Å². The van der Waals surface area contributed by atoms with Gasteiger partial charge in [0.05, 0.1) is 38.8 Å². The van der Waals surface area contributed by atoms with E-state index in [2.05, 4.69) is 15.6 Å². The van der Waals surface area contributed by atoms with E-state index >= 15 is 0 Å². The zero-order valence-corrected chi connectivity index (χ0v) is 13.1. The van der Waals surface area contributed by atoms with Crippen LogP contribution in [0.1, 0.15) is 10.5 Å². The number of amides is 2. The highest BCUT2D eigenvalue weighted by Crippen LogP contribution is 2.33. The molecule has 1 aromatic heterocycles. The molecule has 1 heterocycles. The van der Waals surface area contributed by atoms with E-state index < -0.39 is 24.3 Å². The van der Waals surface area contributed by atoms with Crippen LogP contribution in [0.5, 0.6) is 11.5 Å². The lowest BCUT2D eigenvalue weighted by molar-refractivity contribution is -0.304. The summed E-state index contributed by atoms with van der Waals surface area (Å²) in [4.78, 5) is 36.7. The minimum atomic E-state index is -1.41. The smallest absolute Gasteiger partial charge is 0.268 e. The normalized spacial score (nSPS) is 10.2. The number of aliphatic carboxylic acids is 1. The predicted molar refractivity (Wildman–Crippen MR) is 81.8 cm³/mol. The molecule has 2 amide bonds. The van der Waals surface area contributed by atoms with E-state index in [1.54, 1.807) is 18.2 Å². The van der Waals surface area contributed by atoms with Crippen molar-refractivity contribution in [2.75, 3.05) is 27.3 Å². The lowest BCUT2D eigenvalue weighted by Crippen LogP contribution is -2.42. The molecule has 9 heteroatoms. The Morgan fingerprint density at radius 3 is 2.38 bits per heavy atom. The van der Waals surface area contributed by atoms with E-state index in [0.717, 1.165) is 0 Å². The number of benzene rings is 1. The molecule has 2 aromatic rings. The van der Waals surface area contributed by atoms with Crippen molar-refractivity contribution in [3.05, 3.63) is 23.9 Å². The summed E-state index contributed by atoms with van der Waals surface area (Å²) in [5, 5.41) is 15.4. The van der Waals surface area contributed by atoms with Gasteiger partial charge in [0.25, 0.3) is 5.91 Å². The average molecular weight is 334 g/mol. The van der Waals surface area contributed by atoms with Crippen LogP contribution >= 0.6 is 0 Å². The molecule has 0 spiro atoms.